The maximum atomic E-state index is 11.9. The molecule has 0 bridgehead atoms. The summed E-state index contributed by atoms with van der Waals surface area (Å²) < 4.78 is 1.89. The fourth-order valence-corrected chi connectivity index (χ4v) is 2.53. The normalized spacial score (nSPS) is 16.4. The van der Waals surface area contributed by atoms with Crippen LogP contribution in [-0.2, 0) is 0 Å². The summed E-state index contributed by atoms with van der Waals surface area (Å²) in [7, 11) is 0. The molecule has 5 nitrogen and oxygen atoms in total. The van der Waals surface area contributed by atoms with Crippen LogP contribution in [0.4, 0.5) is 0 Å². The molecule has 1 fully saturated rings. The second-order valence-electron chi connectivity index (χ2n) is 4.43. The third kappa shape index (κ3) is 1.45. The molecule has 0 amide bonds. The molecule has 0 aliphatic heterocycles. The number of aromatic amines is 1. The summed E-state index contributed by atoms with van der Waals surface area (Å²) in [6, 6.07) is 2.27. The van der Waals surface area contributed by atoms with Gasteiger partial charge in [-0.05, 0) is 12.8 Å². The standard InChI is InChI=1S/C12H12N4O/c13-5-8-6-14-12-10(11(8)17)7-15-16(12)9-3-1-2-4-9/h6-7,9H,1-4H2,(H,14,17). The van der Waals surface area contributed by atoms with Crippen LogP contribution in [0, 0.1) is 11.3 Å². The van der Waals surface area contributed by atoms with Crippen molar-refractivity contribution in [2.24, 2.45) is 0 Å². The fourth-order valence-electron chi connectivity index (χ4n) is 2.53. The molecule has 0 atom stereocenters. The van der Waals surface area contributed by atoms with Crippen molar-refractivity contribution in [3.05, 3.63) is 28.2 Å². The topological polar surface area (TPSA) is 74.5 Å². The monoisotopic (exact) mass is 228 g/mol. The summed E-state index contributed by atoms with van der Waals surface area (Å²) in [6.45, 7) is 0. The van der Waals surface area contributed by atoms with Gasteiger partial charge >= 0.3 is 0 Å². The average Bonchev–Trinajstić information content (AvgIpc) is 2.97. The number of hydrogen-bond acceptors (Lipinski definition) is 3. The van der Waals surface area contributed by atoms with Crippen LogP contribution >= 0.6 is 0 Å². The predicted molar refractivity (Wildman–Crippen MR) is 62.6 cm³/mol. The minimum atomic E-state index is -0.231. The molecule has 0 unspecified atom stereocenters. The van der Waals surface area contributed by atoms with Crippen molar-refractivity contribution in [3.8, 4) is 6.07 Å². The number of fused-ring (bicyclic) bond motifs is 1. The van der Waals surface area contributed by atoms with Crippen LogP contribution in [0.2, 0.25) is 0 Å². The SMILES string of the molecule is N#Cc1c[nH]c2c(cnn2C2CCCC2)c1=O. The Kier molecular flexibility index (Phi) is 2.22. The van der Waals surface area contributed by atoms with E-state index in [4.69, 9.17) is 5.26 Å². The molecule has 0 spiro atoms. The van der Waals surface area contributed by atoms with Gasteiger partial charge in [-0.1, -0.05) is 12.8 Å². The van der Waals surface area contributed by atoms with E-state index in [1.165, 1.54) is 19.0 Å². The molecule has 3 rings (SSSR count). The minimum absolute atomic E-state index is 0.142. The molecule has 1 aliphatic carbocycles. The predicted octanol–water partition coefficient (Wildman–Crippen LogP) is 1.71. The Hall–Kier alpha value is -2.09. The lowest BCUT2D eigenvalue weighted by molar-refractivity contribution is 0.478. The molecule has 2 aromatic heterocycles. The van der Waals surface area contributed by atoms with E-state index in [2.05, 4.69) is 10.1 Å². The zero-order valence-electron chi connectivity index (χ0n) is 9.31. The summed E-state index contributed by atoms with van der Waals surface area (Å²) in [5.41, 5.74) is 0.648. The van der Waals surface area contributed by atoms with Gasteiger partial charge in [-0.25, -0.2) is 4.68 Å². The van der Waals surface area contributed by atoms with E-state index in [9.17, 15) is 4.79 Å². The molecule has 2 heterocycles. The van der Waals surface area contributed by atoms with E-state index in [-0.39, 0.29) is 11.0 Å². The first-order valence-electron chi connectivity index (χ1n) is 5.80. The van der Waals surface area contributed by atoms with E-state index in [1.54, 1.807) is 6.20 Å². The molecular formula is C12H12N4O. The van der Waals surface area contributed by atoms with Gasteiger partial charge in [-0.3, -0.25) is 4.79 Å². The van der Waals surface area contributed by atoms with Crippen molar-refractivity contribution < 1.29 is 0 Å². The highest BCUT2D eigenvalue weighted by atomic mass is 16.1. The number of hydrogen-bond donors (Lipinski definition) is 1. The Balaban J connectivity index is 2.21. The smallest absolute Gasteiger partial charge is 0.210 e. The Morgan fingerprint density at radius 2 is 2.24 bits per heavy atom. The summed E-state index contributed by atoms with van der Waals surface area (Å²) in [5, 5.41) is 13.6. The summed E-state index contributed by atoms with van der Waals surface area (Å²) >= 11 is 0. The highest BCUT2D eigenvalue weighted by molar-refractivity contribution is 5.75. The number of rotatable bonds is 1. The Labute approximate surface area is 97.7 Å². The molecule has 1 saturated carbocycles. The zero-order valence-corrected chi connectivity index (χ0v) is 9.31. The molecule has 86 valence electrons. The van der Waals surface area contributed by atoms with Gasteiger partial charge < -0.3 is 4.98 Å². The minimum Gasteiger partial charge on any atom is -0.345 e. The molecule has 17 heavy (non-hydrogen) atoms. The number of aromatic nitrogens is 3. The van der Waals surface area contributed by atoms with E-state index in [1.807, 2.05) is 10.8 Å². The maximum absolute atomic E-state index is 11.9. The summed E-state index contributed by atoms with van der Waals surface area (Å²) in [4.78, 5) is 14.9. The van der Waals surface area contributed by atoms with Crippen molar-refractivity contribution in [1.82, 2.24) is 14.8 Å². The van der Waals surface area contributed by atoms with Crippen LogP contribution in [0.3, 0.4) is 0 Å². The van der Waals surface area contributed by atoms with Crippen molar-refractivity contribution >= 4 is 11.0 Å². The zero-order chi connectivity index (χ0) is 11.8. The highest BCUT2D eigenvalue weighted by Crippen LogP contribution is 2.30. The van der Waals surface area contributed by atoms with Crippen LogP contribution in [0.15, 0.2) is 17.2 Å². The Morgan fingerprint density at radius 1 is 1.47 bits per heavy atom. The molecule has 1 N–H and O–H groups in total. The second-order valence-corrected chi connectivity index (χ2v) is 4.43. The van der Waals surface area contributed by atoms with Gasteiger partial charge in [0.2, 0.25) is 5.43 Å². The second kappa shape index (κ2) is 3.74. The lowest BCUT2D eigenvalue weighted by Crippen LogP contribution is -2.10. The third-order valence-electron chi connectivity index (χ3n) is 3.43. The first kappa shape index (κ1) is 10.1. The largest absolute Gasteiger partial charge is 0.345 e. The van der Waals surface area contributed by atoms with Gasteiger partial charge in [0.1, 0.15) is 17.3 Å². The first-order valence-corrected chi connectivity index (χ1v) is 5.80. The van der Waals surface area contributed by atoms with Gasteiger partial charge in [0.25, 0.3) is 0 Å². The van der Waals surface area contributed by atoms with Crippen molar-refractivity contribution in [3.63, 3.8) is 0 Å². The lowest BCUT2D eigenvalue weighted by atomic mass is 10.2. The van der Waals surface area contributed by atoms with Crippen LogP contribution in [-0.4, -0.2) is 14.8 Å². The summed E-state index contributed by atoms with van der Waals surface area (Å²) in [6.07, 6.45) is 7.68. The molecule has 0 aromatic carbocycles. The van der Waals surface area contributed by atoms with Crippen molar-refractivity contribution in [2.45, 2.75) is 31.7 Å². The Bertz CT molecular complexity index is 655. The third-order valence-corrected chi connectivity index (χ3v) is 3.43. The van der Waals surface area contributed by atoms with E-state index < -0.39 is 0 Å². The van der Waals surface area contributed by atoms with Gasteiger partial charge in [0.05, 0.1) is 17.6 Å². The van der Waals surface area contributed by atoms with Crippen molar-refractivity contribution in [2.75, 3.05) is 0 Å². The molecule has 2 aromatic rings. The molecule has 0 saturated heterocycles. The van der Waals surface area contributed by atoms with E-state index in [0.717, 1.165) is 18.5 Å². The highest BCUT2D eigenvalue weighted by Gasteiger charge is 2.20. The summed E-state index contributed by atoms with van der Waals surface area (Å²) in [5.74, 6) is 0. The number of nitrogens with one attached hydrogen (secondary N) is 1. The van der Waals surface area contributed by atoms with Crippen molar-refractivity contribution in [1.29, 1.82) is 5.26 Å². The Morgan fingerprint density at radius 3 is 2.94 bits per heavy atom. The van der Waals surface area contributed by atoms with Crippen LogP contribution in [0.1, 0.15) is 37.3 Å². The number of H-pyrrole nitrogens is 1. The first-order chi connectivity index (χ1) is 8.31. The lowest BCUT2D eigenvalue weighted by Gasteiger charge is -2.10. The molecule has 0 radical (unpaired) electrons. The molecule has 5 heteroatoms. The fraction of sp³-hybridized carbons (Fsp3) is 0.417. The quantitative estimate of drug-likeness (QED) is 0.807. The number of nitriles is 1. The van der Waals surface area contributed by atoms with Crippen LogP contribution < -0.4 is 5.43 Å². The van der Waals surface area contributed by atoms with E-state index in [0.29, 0.717) is 11.4 Å². The molecular weight excluding hydrogens is 216 g/mol. The van der Waals surface area contributed by atoms with Gasteiger partial charge in [-0.15, -0.1) is 0 Å². The number of pyridine rings is 1. The average molecular weight is 228 g/mol. The van der Waals surface area contributed by atoms with Gasteiger partial charge in [0, 0.05) is 6.20 Å². The van der Waals surface area contributed by atoms with Gasteiger partial charge in [-0.2, -0.15) is 10.4 Å². The van der Waals surface area contributed by atoms with Crippen LogP contribution in [0.5, 0.6) is 0 Å². The maximum Gasteiger partial charge on any atom is 0.210 e. The van der Waals surface area contributed by atoms with E-state index >= 15 is 0 Å². The number of nitrogens with zero attached hydrogens (tertiary/aromatic N) is 3. The van der Waals surface area contributed by atoms with Crippen LogP contribution in [0.25, 0.3) is 11.0 Å². The van der Waals surface area contributed by atoms with Gasteiger partial charge in [0.15, 0.2) is 0 Å². The molecule has 1 aliphatic rings.